The van der Waals surface area contributed by atoms with Crippen molar-refractivity contribution < 1.29 is 27.1 Å². The highest BCUT2D eigenvalue weighted by atomic mass is 32.2. The molecular weight excluding hydrogens is 511 g/mol. The van der Waals surface area contributed by atoms with E-state index >= 15 is 0 Å². The third kappa shape index (κ3) is 7.44. The van der Waals surface area contributed by atoms with E-state index in [1.807, 2.05) is 0 Å². The van der Waals surface area contributed by atoms with Gasteiger partial charge in [-0.3, -0.25) is 9.59 Å². The fraction of sp³-hybridized carbons (Fsp3) is 0.481. The van der Waals surface area contributed by atoms with Crippen LogP contribution < -0.4 is 14.4 Å². The molecule has 0 heterocycles. The van der Waals surface area contributed by atoms with Gasteiger partial charge in [0.2, 0.25) is 11.8 Å². The number of hydrogen-bond acceptors (Lipinski definition) is 5. The van der Waals surface area contributed by atoms with Crippen molar-refractivity contribution in [1.82, 2.24) is 14.5 Å². The van der Waals surface area contributed by atoms with Gasteiger partial charge in [-0.05, 0) is 61.7 Å². The summed E-state index contributed by atoms with van der Waals surface area (Å²) >= 11 is 0. The number of benzene rings is 2. The molecule has 1 aliphatic carbocycles. The van der Waals surface area contributed by atoms with E-state index in [9.17, 15) is 22.4 Å². The van der Waals surface area contributed by atoms with E-state index in [-0.39, 0.29) is 24.2 Å². The lowest BCUT2D eigenvalue weighted by Crippen LogP contribution is -2.53. The maximum Gasteiger partial charge on any atom is 0.304 e. The molecule has 3 rings (SSSR count). The van der Waals surface area contributed by atoms with Crippen LogP contribution in [-0.2, 0) is 26.3 Å². The minimum atomic E-state index is -4.10. The van der Waals surface area contributed by atoms with Crippen molar-refractivity contribution in [3.63, 3.8) is 0 Å². The number of hydrogen-bond donors (Lipinski definition) is 1. The third-order valence-electron chi connectivity index (χ3n) is 6.76. The van der Waals surface area contributed by atoms with Crippen molar-refractivity contribution >= 4 is 27.7 Å². The highest BCUT2D eigenvalue weighted by molar-refractivity contribution is 7.90. The lowest BCUT2D eigenvalue weighted by atomic mass is 9.95. The van der Waals surface area contributed by atoms with E-state index in [1.165, 1.54) is 31.1 Å². The Morgan fingerprint density at radius 1 is 1.03 bits per heavy atom. The van der Waals surface area contributed by atoms with Gasteiger partial charge in [0.15, 0.2) is 0 Å². The quantitative estimate of drug-likeness (QED) is 0.465. The van der Waals surface area contributed by atoms with Crippen molar-refractivity contribution in [1.29, 1.82) is 0 Å². The van der Waals surface area contributed by atoms with Crippen LogP contribution in [0, 0.1) is 5.82 Å². The molecule has 0 spiro atoms. The van der Waals surface area contributed by atoms with Crippen LogP contribution in [0.3, 0.4) is 0 Å². The molecule has 0 radical (unpaired) electrons. The van der Waals surface area contributed by atoms with Crippen molar-refractivity contribution in [3.05, 3.63) is 59.9 Å². The van der Waals surface area contributed by atoms with Gasteiger partial charge in [-0.25, -0.2) is 8.70 Å². The van der Waals surface area contributed by atoms with E-state index in [1.54, 1.807) is 38.3 Å². The second kappa shape index (κ2) is 13.1. The zero-order chi connectivity index (χ0) is 27.9. The Kier molecular flexibility index (Phi) is 10.1. The number of nitrogens with zero attached hydrogens (tertiary/aromatic N) is 3. The molecule has 0 bridgehead atoms. The van der Waals surface area contributed by atoms with Crippen LogP contribution in [0.25, 0.3) is 0 Å². The van der Waals surface area contributed by atoms with Crippen LogP contribution in [0.15, 0.2) is 48.5 Å². The lowest BCUT2D eigenvalue weighted by molar-refractivity contribution is -0.139. The van der Waals surface area contributed by atoms with Crippen LogP contribution >= 0.6 is 0 Å². The summed E-state index contributed by atoms with van der Waals surface area (Å²) in [6.07, 6.45) is 5.02. The molecule has 0 unspecified atom stereocenters. The van der Waals surface area contributed by atoms with E-state index in [2.05, 4.69) is 5.32 Å². The predicted molar refractivity (Wildman–Crippen MR) is 144 cm³/mol. The van der Waals surface area contributed by atoms with Crippen molar-refractivity contribution in [3.8, 4) is 5.75 Å². The number of carbonyl (C=O) groups is 2. The smallest absolute Gasteiger partial charge is 0.304 e. The summed E-state index contributed by atoms with van der Waals surface area (Å²) in [6.45, 7) is 1.16. The predicted octanol–water partition coefficient (Wildman–Crippen LogP) is 3.31. The SMILES string of the molecule is COc1ccc(CN(C(=O)CN(c2ccc(F)cc2)S(=O)(=O)N(C)C)[C@@H](C)C(=O)NC2CCCCC2)cc1. The normalized spacial score (nSPS) is 15.1. The average molecular weight is 549 g/mol. The van der Waals surface area contributed by atoms with Gasteiger partial charge in [-0.2, -0.15) is 12.7 Å². The van der Waals surface area contributed by atoms with E-state index in [4.69, 9.17) is 4.74 Å². The van der Waals surface area contributed by atoms with Crippen molar-refractivity contribution in [2.75, 3.05) is 32.1 Å². The first-order valence-corrected chi connectivity index (χ1v) is 14.1. The number of nitrogens with one attached hydrogen (secondary N) is 1. The maximum atomic E-state index is 13.8. The minimum Gasteiger partial charge on any atom is -0.497 e. The van der Waals surface area contributed by atoms with Crippen LogP contribution in [0.5, 0.6) is 5.75 Å². The Morgan fingerprint density at radius 2 is 1.63 bits per heavy atom. The molecule has 1 atom stereocenters. The average Bonchev–Trinajstić information content (AvgIpc) is 2.91. The summed E-state index contributed by atoms with van der Waals surface area (Å²) in [6, 6.07) is 11.2. The highest BCUT2D eigenvalue weighted by Crippen LogP contribution is 2.22. The van der Waals surface area contributed by atoms with E-state index in [0.717, 1.165) is 58.4 Å². The van der Waals surface area contributed by atoms with Gasteiger partial charge in [0.25, 0.3) is 0 Å². The molecule has 0 aromatic heterocycles. The van der Waals surface area contributed by atoms with Gasteiger partial charge in [0.1, 0.15) is 24.2 Å². The molecule has 208 valence electrons. The molecule has 0 aliphatic heterocycles. The third-order valence-corrected chi connectivity index (χ3v) is 8.58. The largest absolute Gasteiger partial charge is 0.497 e. The van der Waals surface area contributed by atoms with Gasteiger partial charge < -0.3 is 15.0 Å². The summed E-state index contributed by atoms with van der Waals surface area (Å²) in [5.41, 5.74) is 0.887. The monoisotopic (exact) mass is 548 g/mol. The van der Waals surface area contributed by atoms with Gasteiger partial charge >= 0.3 is 10.2 Å². The van der Waals surface area contributed by atoms with Gasteiger partial charge in [-0.15, -0.1) is 0 Å². The molecule has 1 fully saturated rings. The summed E-state index contributed by atoms with van der Waals surface area (Å²) in [5, 5.41) is 3.06. The van der Waals surface area contributed by atoms with Crippen LogP contribution in [0.1, 0.15) is 44.6 Å². The second-order valence-electron chi connectivity index (χ2n) is 9.66. The zero-order valence-electron chi connectivity index (χ0n) is 22.4. The number of amides is 2. The van der Waals surface area contributed by atoms with Crippen LogP contribution in [0.4, 0.5) is 10.1 Å². The second-order valence-corrected chi connectivity index (χ2v) is 11.7. The lowest BCUT2D eigenvalue weighted by Gasteiger charge is -2.34. The zero-order valence-corrected chi connectivity index (χ0v) is 23.2. The molecule has 1 saturated carbocycles. The summed E-state index contributed by atoms with van der Waals surface area (Å²) < 4.78 is 47.0. The van der Waals surface area contributed by atoms with Gasteiger partial charge in [0.05, 0.1) is 12.8 Å². The topological polar surface area (TPSA) is 99.3 Å². The molecule has 2 aromatic carbocycles. The molecule has 1 N–H and O–H groups in total. The van der Waals surface area contributed by atoms with Crippen molar-refractivity contribution in [2.45, 2.75) is 57.7 Å². The first kappa shape index (κ1) is 29.4. The minimum absolute atomic E-state index is 0.0569. The Hall–Kier alpha value is -3.18. The number of halogens is 1. The summed E-state index contributed by atoms with van der Waals surface area (Å²) in [5.74, 6) is -0.741. The molecule has 9 nitrogen and oxygen atoms in total. The van der Waals surface area contributed by atoms with Crippen LogP contribution in [-0.4, -0.2) is 69.3 Å². The Balaban J connectivity index is 1.90. The number of ether oxygens (including phenoxy) is 1. The summed E-state index contributed by atoms with van der Waals surface area (Å²) in [4.78, 5) is 28.4. The van der Waals surface area contributed by atoms with Crippen LogP contribution in [0.2, 0.25) is 0 Å². The number of methoxy groups -OCH3 is 1. The molecule has 11 heteroatoms. The number of anilines is 1. The Morgan fingerprint density at radius 3 is 2.18 bits per heavy atom. The first-order chi connectivity index (χ1) is 18.0. The molecule has 1 aliphatic rings. The number of rotatable bonds is 11. The molecule has 2 aromatic rings. The molecular formula is C27H37FN4O5S. The first-order valence-electron chi connectivity index (χ1n) is 12.7. The number of carbonyl (C=O) groups excluding carboxylic acids is 2. The fourth-order valence-corrected chi connectivity index (χ4v) is 5.46. The van der Waals surface area contributed by atoms with E-state index < -0.39 is 34.5 Å². The van der Waals surface area contributed by atoms with Crippen molar-refractivity contribution in [2.24, 2.45) is 0 Å². The highest BCUT2D eigenvalue weighted by Gasteiger charge is 2.33. The summed E-state index contributed by atoms with van der Waals surface area (Å²) in [7, 11) is 0.155. The van der Waals surface area contributed by atoms with Gasteiger partial charge in [-0.1, -0.05) is 31.4 Å². The molecule has 38 heavy (non-hydrogen) atoms. The standard InChI is InChI=1S/C27H37FN4O5S/c1-20(27(34)29-23-8-6-5-7-9-23)31(18-21-10-16-25(37-4)17-11-21)26(33)19-32(38(35,36)30(2)3)24-14-12-22(28)13-15-24/h10-17,20,23H,5-9,18-19H2,1-4H3,(H,29,34)/t20-/m0/s1. The Labute approximate surface area is 224 Å². The van der Waals surface area contributed by atoms with E-state index in [0.29, 0.717) is 5.75 Å². The molecule has 2 amide bonds. The Bertz CT molecular complexity index is 1180. The molecule has 0 saturated heterocycles. The fourth-order valence-electron chi connectivity index (χ4n) is 4.40. The maximum absolute atomic E-state index is 13.8. The van der Waals surface area contributed by atoms with Gasteiger partial charge in [0, 0.05) is 26.7 Å².